The summed E-state index contributed by atoms with van der Waals surface area (Å²) < 4.78 is 11.7. The predicted molar refractivity (Wildman–Crippen MR) is 96.4 cm³/mol. The number of rotatable bonds is 4. The number of fused-ring (bicyclic) bond motifs is 1. The number of hydrogen-bond acceptors (Lipinski definition) is 4. The molecule has 0 aliphatic rings. The molecule has 0 radical (unpaired) electrons. The quantitative estimate of drug-likeness (QED) is 0.583. The monoisotopic (exact) mass is 333 g/mol. The largest absolute Gasteiger partial charge is 0.461 e. The third kappa shape index (κ3) is 3.08. The summed E-state index contributed by atoms with van der Waals surface area (Å²) in [6.07, 6.45) is 0.574. The minimum Gasteiger partial charge on any atom is -0.461 e. The topological polar surface area (TPSA) is 59.4 Å². The van der Waals surface area contributed by atoms with E-state index in [0.717, 1.165) is 39.3 Å². The second kappa shape index (κ2) is 6.22. The maximum absolute atomic E-state index is 9.25. The van der Waals surface area contributed by atoms with E-state index in [1.165, 1.54) is 5.56 Å². The number of aryl methyl sites for hydroxylation is 2. The summed E-state index contributed by atoms with van der Waals surface area (Å²) in [7, 11) is 0. The van der Waals surface area contributed by atoms with Crippen LogP contribution < -0.4 is 0 Å². The number of aliphatic hydroxyl groups excluding tert-OH is 1. The molecule has 0 unspecified atom stereocenters. The first-order valence-electron chi connectivity index (χ1n) is 8.28. The van der Waals surface area contributed by atoms with Crippen LogP contribution in [0.15, 0.2) is 57.4 Å². The highest BCUT2D eigenvalue weighted by Crippen LogP contribution is 2.26. The first-order valence-corrected chi connectivity index (χ1v) is 8.28. The van der Waals surface area contributed by atoms with Crippen LogP contribution in [0.5, 0.6) is 0 Å². The number of furan rings is 1. The Bertz CT molecular complexity index is 1030. The van der Waals surface area contributed by atoms with Crippen molar-refractivity contribution < 1.29 is 13.9 Å². The Morgan fingerprint density at radius 1 is 0.960 bits per heavy atom. The number of benzene rings is 2. The molecule has 2 aromatic carbocycles. The fraction of sp³-hybridized carbons (Fsp3) is 0.190. The van der Waals surface area contributed by atoms with Gasteiger partial charge in [-0.05, 0) is 49.7 Å². The van der Waals surface area contributed by atoms with Crippen LogP contribution in [-0.2, 0) is 13.0 Å². The van der Waals surface area contributed by atoms with Gasteiger partial charge >= 0.3 is 0 Å². The zero-order valence-electron chi connectivity index (χ0n) is 14.2. The van der Waals surface area contributed by atoms with Gasteiger partial charge in [-0.2, -0.15) is 0 Å². The zero-order valence-corrected chi connectivity index (χ0v) is 14.2. The molecular weight excluding hydrogens is 314 g/mol. The first kappa shape index (κ1) is 15.7. The van der Waals surface area contributed by atoms with Gasteiger partial charge < -0.3 is 13.9 Å². The van der Waals surface area contributed by atoms with E-state index in [0.29, 0.717) is 12.3 Å². The lowest BCUT2D eigenvalue weighted by Crippen LogP contribution is -1.88. The van der Waals surface area contributed by atoms with Gasteiger partial charge in [0.25, 0.3) is 0 Å². The Morgan fingerprint density at radius 3 is 2.52 bits per heavy atom. The summed E-state index contributed by atoms with van der Waals surface area (Å²) >= 11 is 0. The van der Waals surface area contributed by atoms with Gasteiger partial charge in [-0.15, -0.1) is 0 Å². The third-order valence-electron chi connectivity index (χ3n) is 4.35. The van der Waals surface area contributed by atoms with Crippen molar-refractivity contribution in [3.05, 3.63) is 76.9 Å². The molecular formula is C21H19NO3. The molecule has 0 atom stereocenters. The minimum atomic E-state index is 0.0265. The van der Waals surface area contributed by atoms with E-state index in [1.54, 1.807) is 0 Å². The first-order chi connectivity index (χ1) is 12.1. The Morgan fingerprint density at radius 2 is 1.76 bits per heavy atom. The van der Waals surface area contributed by atoms with Crippen molar-refractivity contribution in [2.24, 2.45) is 0 Å². The lowest BCUT2D eigenvalue weighted by molar-refractivity contribution is 0.282. The van der Waals surface area contributed by atoms with E-state index in [-0.39, 0.29) is 6.61 Å². The van der Waals surface area contributed by atoms with E-state index in [1.807, 2.05) is 55.5 Å². The summed E-state index contributed by atoms with van der Waals surface area (Å²) in [5.41, 5.74) is 4.73. The van der Waals surface area contributed by atoms with Gasteiger partial charge in [0, 0.05) is 10.9 Å². The van der Waals surface area contributed by atoms with Crippen LogP contribution in [0, 0.1) is 13.8 Å². The van der Waals surface area contributed by atoms with Crippen molar-refractivity contribution in [3.8, 4) is 11.5 Å². The number of aromatic nitrogens is 1. The molecule has 0 saturated carbocycles. The summed E-state index contributed by atoms with van der Waals surface area (Å²) in [6, 6.07) is 15.8. The third-order valence-corrected chi connectivity index (χ3v) is 4.35. The molecule has 1 N–H and O–H groups in total. The van der Waals surface area contributed by atoms with Crippen LogP contribution in [0.25, 0.3) is 22.4 Å². The second-order valence-electron chi connectivity index (χ2n) is 6.31. The van der Waals surface area contributed by atoms with Crippen LogP contribution in [0.4, 0.5) is 0 Å². The van der Waals surface area contributed by atoms with Crippen LogP contribution in [-0.4, -0.2) is 10.1 Å². The maximum atomic E-state index is 9.25. The SMILES string of the molecule is Cc1ccc(-c2nc(Cc3cc4cc(CO)ccc4o3)c(C)o2)cc1. The molecule has 4 rings (SSSR count). The summed E-state index contributed by atoms with van der Waals surface area (Å²) in [4.78, 5) is 4.64. The van der Waals surface area contributed by atoms with Crippen molar-refractivity contribution in [3.63, 3.8) is 0 Å². The van der Waals surface area contributed by atoms with Crippen LogP contribution in [0.3, 0.4) is 0 Å². The van der Waals surface area contributed by atoms with E-state index in [2.05, 4.69) is 11.9 Å². The van der Waals surface area contributed by atoms with Gasteiger partial charge in [0.1, 0.15) is 17.1 Å². The normalized spacial score (nSPS) is 11.3. The molecule has 0 amide bonds. The average Bonchev–Trinajstić information content (AvgIpc) is 3.18. The Kier molecular flexibility index (Phi) is 3.90. The van der Waals surface area contributed by atoms with Crippen LogP contribution in [0.1, 0.15) is 28.3 Å². The number of nitrogens with zero attached hydrogens (tertiary/aromatic N) is 1. The lowest BCUT2D eigenvalue weighted by atomic mass is 10.1. The van der Waals surface area contributed by atoms with E-state index < -0.39 is 0 Å². The van der Waals surface area contributed by atoms with Gasteiger partial charge in [-0.3, -0.25) is 0 Å². The highest BCUT2D eigenvalue weighted by atomic mass is 16.4. The van der Waals surface area contributed by atoms with Gasteiger partial charge in [-0.25, -0.2) is 4.98 Å². The van der Waals surface area contributed by atoms with Gasteiger partial charge in [0.2, 0.25) is 5.89 Å². The molecule has 4 aromatic rings. The van der Waals surface area contributed by atoms with Gasteiger partial charge in [0.05, 0.1) is 18.7 Å². The molecule has 2 aromatic heterocycles. The highest BCUT2D eigenvalue weighted by molar-refractivity contribution is 5.78. The van der Waals surface area contributed by atoms with E-state index in [4.69, 9.17) is 8.83 Å². The molecule has 4 nitrogen and oxygen atoms in total. The molecule has 4 heteroatoms. The molecule has 0 saturated heterocycles. The van der Waals surface area contributed by atoms with Crippen molar-refractivity contribution in [1.29, 1.82) is 0 Å². The van der Waals surface area contributed by atoms with Crippen molar-refractivity contribution >= 4 is 11.0 Å². The standard InChI is InChI=1S/C21H19NO3/c1-13-3-6-16(7-4-13)21-22-19(14(2)24-21)11-18-10-17-9-15(12-23)5-8-20(17)25-18/h3-10,23H,11-12H2,1-2H3. The van der Waals surface area contributed by atoms with E-state index in [9.17, 15) is 5.11 Å². The Labute approximate surface area is 145 Å². The fourth-order valence-corrected chi connectivity index (χ4v) is 2.91. The van der Waals surface area contributed by atoms with Gasteiger partial charge in [-0.1, -0.05) is 23.8 Å². The molecule has 0 aliphatic carbocycles. The van der Waals surface area contributed by atoms with Crippen LogP contribution in [0.2, 0.25) is 0 Å². The Balaban J connectivity index is 1.63. The Hall–Kier alpha value is -2.85. The van der Waals surface area contributed by atoms with Crippen molar-refractivity contribution in [2.75, 3.05) is 0 Å². The maximum Gasteiger partial charge on any atom is 0.226 e. The molecule has 0 spiro atoms. The predicted octanol–water partition coefficient (Wildman–Crippen LogP) is 4.79. The molecule has 0 bridgehead atoms. The average molecular weight is 333 g/mol. The van der Waals surface area contributed by atoms with Gasteiger partial charge in [0.15, 0.2) is 0 Å². The smallest absolute Gasteiger partial charge is 0.226 e. The number of aliphatic hydroxyl groups is 1. The number of hydrogen-bond donors (Lipinski definition) is 1. The van der Waals surface area contributed by atoms with Crippen molar-refractivity contribution in [1.82, 2.24) is 4.98 Å². The summed E-state index contributed by atoms with van der Waals surface area (Å²) in [5.74, 6) is 2.26. The second-order valence-corrected chi connectivity index (χ2v) is 6.31. The van der Waals surface area contributed by atoms with E-state index >= 15 is 0 Å². The summed E-state index contributed by atoms with van der Waals surface area (Å²) in [6.45, 7) is 4.01. The summed E-state index contributed by atoms with van der Waals surface area (Å²) in [5, 5.41) is 10.2. The minimum absolute atomic E-state index is 0.0265. The zero-order chi connectivity index (χ0) is 17.4. The van der Waals surface area contributed by atoms with Crippen LogP contribution >= 0.6 is 0 Å². The molecule has 25 heavy (non-hydrogen) atoms. The van der Waals surface area contributed by atoms with Crippen molar-refractivity contribution in [2.45, 2.75) is 26.9 Å². The lowest BCUT2D eigenvalue weighted by Gasteiger charge is -1.95. The fourth-order valence-electron chi connectivity index (χ4n) is 2.91. The molecule has 0 fully saturated rings. The molecule has 126 valence electrons. The highest BCUT2D eigenvalue weighted by Gasteiger charge is 2.14. The molecule has 0 aliphatic heterocycles. The number of oxazole rings is 1. The molecule has 2 heterocycles.